The lowest BCUT2D eigenvalue weighted by Gasteiger charge is -2.26. The van der Waals surface area contributed by atoms with Crippen LogP contribution in [0.5, 0.6) is 46.0 Å². The predicted molar refractivity (Wildman–Crippen MR) is 258 cm³/mol. The van der Waals surface area contributed by atoms with E-state index in [1.807, 2.05) is 146 Å². The number of anilines is 4. The zero-order valence-corrected chi connectivity index (χ0v) is 35.9. The Morgan fingerprint density at radius 2 is 0.540 bits per heavy atom. The van der Waals surface area contributed by atoms with E-state index in [2.05, 4.69) is 69.3 Å². The number of benzene rings is 8. The van der Waals surface area contributed by atoms with Gasteiger partial charge in [0.2, 0.25) is 0 Å². The van der Waals surface area contributed by atoms with E-state index in [0.29, 0.717) is 17.3 Å². The van der Waals surface area contributed by atoms with E-state index in [0.717, 1.165) is 70.2 Å². The third kappa shape index (κ3) is 11.9. The Morgan fingerprint density at radius 3 is 0.762 bits per heavy atom. The highest BCUT2D eigenvalue weighted by Crippen LogP contribution is 2.36. The van der Waals surface area contributed by atoms with Crippen molar-refractivity contribution in [2.24, 2.45) is 0 Å². The largest absolute Gasteiger partial charge is 0.457 e. The van der Waals surface area contributed by atoms with Gasteiger partial charge in [0.25, 0.3) is 0 Å². The summed E-state index contributed by atoms with van der Waals surface area (Å²) in [5.74, 6) is 6.57. The minimum absolute atomic E-state index is 0.167. The van der Waals surface area contributed by atoms with Crippen molar-refractivity contribution < 1.29 is 18.9 Å². The molecule has 0 saturated heterocycles. The molecule has 8 aromatic rings. The second-order valence-electron chi connectivity index (χ2n) is 15.8. The van der Waals surface area contributed by atoms with Crippen LogP contribution in [0.4, 0.5) is 22.7 Å². The molecule has 0 saturated carbocycles. The lowest BCUT2D eigenvalue weighted by molar-refractivity contribution is 0.481. The molecule has 8 aromatic carbocycles. The van der Waals surface area contributed by atoms with Gasteiger partial charge in [-0.1, -0.05) is 75.7 Å². The molecule has 0 heterocycles. The molecule has 0 aliphatic carbocycles. The summed E-state index contributed by atoms with van der Waals surface area (Å²) in [7, 11) is 0. The number of hydrogen-bond acceptors (Lipinski definition) is 8. The number of ether oxygens (including phenoxy) is 4. The van der Waals surface area contributed by atoms with Crippen LogP contribution in [0.25, 0.3) is 0 Å². The monoisotopic (exact) mass is 834 g/mol. The van der Waals surface area contributed by atoms with E-state index in [1.165, 1.54) is 22.3 Å². The summed E-state index contributed by atoms with van der Waals surface area (Å²) < 4.78 is 23.7. The van der Waals surface area contributed by atoms with E-state index in [-0.39, 0.29) is 5.41 Å². The molecule has 8 N–H and O–H groups in total. The maximum atomic E-state index is 5.93. The Bertz CT molecular complexity index is 2450. The molecule has 63 heavy (non-hydrogen) atoms. The first-order chi connectivity index (χ1) is 30.5. The average molecular weight is 835 g/mol. The topological polar surface area (TPSA) is 141 Å². The minimum Gasteiger partial charge on any atom is -0.457 e. The van der Waals surface area contributed by atoms with Crippen LogP contribution in [0.3, 0.4) is 0 Å². The van der Waals surface area contributed by atoms with E-state index in [9.17, 15) is 0 Å². The van der Waals surface area contributed by atoms with Crippen molar-refractivity contribution in [3.8, 4) is 46.0 Å². The molecule has 8 rings (SSSR count). The number of nitrogen functional groups attached to an aromatic ring is 4. The highest BCUT2D eigenvalue weighted by molar-refractivity contribution is 5.48. The van der Waals surface area contributed by atoms with Crippen LogP contribution in [-0.2, 0) is 5.41 Å². The molecule has 8 heteroatoms. The lowest BCUT2D eigenvalue weighted by Crippen LogP contribution is -2.18. The Hall–Kier alpha value is -7.84. The first-order valence-corrected chi connectivity index (χ1v) is 21.1. The van der Waals surface area contributed by atoms with Gasteiger partial charge in [-0.3, -0.25) is 0 Å². The molecule has 8 nitrogen and oxygen atoms in total. The van der Waals surface area contributed by atoms with Gasteiger partial charge in [-0.25, -0.2) is 0 Å². The van der Waals surface area contributed by atoms with Gasteiger partial charge < -0.3 is 41.9 Å². The van der Waals surface area contributed by atoms with Crippen LogP contribution in [0.15, 0.2) is 194 Å². The molecular weight excluding hydrogens is 781 g/mol. The molecule has 0 aliphatic heterocycles. The first kappa shape index (κ1) is 43.3. The average Bonchev–Trinajstić information content (AvgIpc) is 3.30. The van der Waals surface area contributed by atoms with Crippen molar-refractivity contribution >= 4 is 22.7 Å². The number of hydrogen-bond donors (Lipinski definition) is 4. The standard InChI is InChI=1S/C28H28N2O2.C27H26N2O2/c1-2-3-28(20-4-12-24(13-5-20)31-26-16-8-22(29)9-17-26)21-6-14-25(15-7-21)32-27-18-10-23(30)11-19-27;1-27(2,19-3-11-23(12-4-19)30-25-15-7-21(28)8-16-25)20-5-13-24(14-6-20)31-26-17-9-22(29)10-18-26/h4-19,28H,2-3,29-30H2,1H3;3-18H,28-29H2,1-2H3. The summed E-state index contributed by atoms with van der Waals surface area (Å²) in [6.45, 7) is 6.63. The molecule has 0 radical (unpaired) electrons. The van der Waals surface area contributed by atoms with Gasteiger partial charge in [0.05, 0.1) is 0 Å². The van der Waals surface area contributed by atoms with Gasteiger partial charge in [0.1, 0.15) is 46.0 Å². The second-order valence-corrected chi connectivity index (χ2v) is 15.8. The van der Waals surface area contributed by atoms with Gasteiger partial charge in [-0.15, -0.1) is 0 Å². The van der Waals surface area contributed by atoms with Gasteiger partial charge in [0.15, 0.2) is 0 Å². The van der Waals surface area contributed by atoms with Gasteiger partial charge in [-0.2, -0.15) is 0 Å². The maximum Gasteiger partial charge on any atom is 0.127 e. The second kappa shape index (κ2) is 20.1. The maximum absolute atomic E-state index is 5.93. The lowest BCUT2D eigenvalue weighted by atomic mass is 9.78. The molecule has 318 valence electrons. The smallest absolute Gasteiger partial charge is 0.127 e. The summed E-state index contributed by atoms with van der Waals surface area (Å²) in [5, 5.41) is 0. The molecule has 0 bridgehead atoms. The Labute approximate surface area is 370 Å². The fourth-order valence-corrected chi connectivity index (χ4v) is 7.08. The molecule has 0 amide bonds. The number of rotatable bonds is 14. The van der Waals surface area contributed by atoms with Crippen molar-refractivity contribution in [2.45, 2.75) is 44.9 Å². The predicted octanol–water partition coefficient (Wildman–Crippen LogP) is 14.1. The highest BCUT2D eigenvalue weighted by Gasteiger charge is 2.23. The normalized spacial score (nSPS) is 11.0. The molecule has 0 aromatic heterocycles. The summed E-state index contributed by atoms with van der Waals surface area (Å²) >= 11 is 0. The summed E-state index contributed by atoms with van der Waals surface area (Å²) in [4.78, 5) is 0. The molecule has 0 unspecified atom stereocenters. The van der Waals surface area contributed by atoms with Crippen LogP contribution in [0.1, 0.15) is 61.8 Å². The Balaban J connectivity index is 0.000000189. The zero-order chi connectivity index (χ0) is 44.2. The van der Waals surface area contributed by atoms with E-state index >= 15 is 0 Å². The third-order valence-electron chi connectivity index (χ3n) is 10.8. The third-order valence-corrected chi connectivity index (χ3v) is 10.8. The van der Waals surface area contributed by atoms with Gasteiger partial charge in [-0.05, 0) is 174 Å². The van der Waals surface area contributed by atoms with Crippen LogP contribution in [0, 0.1) is 0 Å². The van der Waals surface area contributed by atoms with E-state index < -0.39 is 0 Å². The summed E-state index contributed by atoms with van der Waals surface area (Å²) in [6, 6.07) is 62.6. The van der Waals surface area contributed by atoms with E-state index in [4.69, 9.17) is 41.9 Å². The van der Waals surface area contributed by atoms with Crippen molar-refractivity contribution in [3.05, 3.63) is 216 Å². The molecule has 0 spiro atoms. The van der Waals surface area contributed by atoms with Crippen molar-refractivity contribution in [2.75, 3.05) is 22.9 Å². The highest BCUT2D eigenvalue weighted by atomic mass is 16.5. The van der Waals surface area contributed by atoms with Crippen molar-refractivity contribution in [1.82, 2.24) is 0 Å². The fourth-order valence-electron chi connectivity index (χ4n) is 7.08. The minimum atomic E-state index is -0.167. The van der Waals surface area contributed by atoms with Gasteiger partial charge in [0, 0.05) is 34.1 Å². The van der Waals surface area contributed by atoms with Crippen LogP contribution in [-0.4, -0.2) is 0 Å². The number of nitrogens with two attached hydrogens (primary N) is 4. The summed E-state index contributed by atoms with van der Waals surface area (Å²) in [6.07, 6.45) is 2.16. The molecular formula is C55H54N4O4. The fraction of sp³-hybridized carbons (Fsp3) is 0.127. The van der Waals surface area contributed by atoms with Gasteiger partial charge >= 0.3 is 0 Å². The summed E-state index contributed by atoms with van der Waals surface area (Å²) in [5.41, 5.74) is 30.6. The Kier molecular flexibility index (Phi) is 13.8. The van der Waals surface area contributed by atoms with Crippen molar-refractivity contribution in [1.29, 1.82) is 0 Å². The van der Waals surface area contributed by atoms with Crippen molar-refractivity contribution in [3.63, 3.8) is 0 Å². The van der Waals surface area contributed by atoms with E-state index in [1.54, 1.807) is 0 Å². The quantitative estimate of drug-likeness (QED) is 0.0794. The molecule has 0 aliphatic rings. The Morgan fingerprint density at radius 1 is 0.333 bits per heavy atom. The molecule has 0 fully saturated rings. The zero-order valence-electron chi connectivity index (χ0n) is 35.9. The SMILES string of the molecule is CC(C)(c1ccc(Oc2ccc(N)cc2)cc1)c1ccc(Oc2ccc(N)cc2)cc1.CCCC(c1ccc(Oc2ccc(N)cc2)cc1)c1ccc(Oc2ccc(N)cc2)cc1. The first-order valence-electron chi connectivity index (χ1n) is 21.1. The molecule has 0 atom stereocenters. The van der Waals surface area contributed by atoms with Crippen LogP contribution >= 0.6 is 0 Å². The van der Waals surface area contributed by atoms with Crippen LogP contribution < -0.4 is 41.9 Å². The van der Waals surface area contributed by atoms with Crippen LogP contribution in [0.2, 0.25) is 0 Å².